The van der Waals surface area contributed by atoms with E-state index in [2.05, 4.69) is 34.3 Å². The number of carboxylic acids is 1. The van der Waals surface area contributed by atoms with Crippen LogP contribution < -0.4 is 25.3 Å². The number of nitrogens with one attached hydrogen (secondary N) is 1. The van der Waals surface area contributed by atoms with E-state index in [1.165, 1.54) is 0 Å². The van der Waals surface area contributed by atoms with Crippen LogP contribution in [0.3, 0.4) is 0 Å². The first kappa shape index (κ1) is 40.7. The Bertz CT molecular complexity index is 2490. The van der Waals surface area contributed by atoms with Crippen LogP contribution in [-0.2, 0) is 35.6 Å². The van der Waals surface area contributed by atoms with Crippen molar-refractivity contribution in [1.82, 2.24) is 15.2 Å². The highest BCUT2D eigenvalue weighted by atomic mass is 35.5. The van der Waals surface area contributed by atoms with Crippen LogP contribution in [0.1, 0.15) is 58.9 Å². The van der Waals surface area contributed by atoms with Gasteiger partial charge in [0.25, 0.3) is 0 Å². The summed E-state index contributed by atoms with van der Waals surface area (Å²) >= 11 is 12.2. The van der Waals surface area contributed by atoms with Crippen molar-refractivity contribution in [3.05, 3.63) is 171 Å². The Hall–Kier alpha value is -6.07. The van der Waals surface area contributed by atoms with Crippen molar-refractivity contribution in [3.63, 3.8) is 0 Å². The summed E-state index contributed by atoms with van der Waals surface area (Å²) in [5, 5.41) is 14.2. The molecule has 1 unspecified atom stereocenters. The third-order valence-corrected chi connectivity index (χ3v) is 11.9. The van der Waals surface area contributed by atoms with Crippen LogP contribution in [0.15, 0.2) is 128 Å². The number of fused-ring (bicyclic) bond motifs is 2. The van der Waals surface area contributed by atoms with E-state index in [-0.39, 0.29) is 24.5 Å². The molecule has 12 heteroatoms. The Morgan fingerprint density at radius 3 is 2.35 bits per heavy atom. The summed E-state index contributed by atoms with van der Waals surface area (Å²) in [5.41, 5.74) is 13.4. The van der Waals surface area contributed by atoms with E-state index in [1.54, 1.807) is 24.4 Å². The Balaban J connectivity index is 0.991. The first-order valence-electron chi connectivity index (χ1n) is 19.9. The van der Waals surface area contributed by atoms with E-state index in [9.17, 15) is 14.7 Å². The molecule has 6 aromatic rings. The predicted molar refractivity (Wildman–Crippen MR) is 232 cm³/mol. The summed E-state index contributed by atoms with van der Waals surface area (Å²) in [4.78, 5) is 33.3. The van der Waals surface area contributed by atoms with Crippen LogP contribution in [0.25, 0.3) is 11.1 Å². The first-order valence-corrected chi connectivity index (χ1v) is 20.6. The number of nitrogen functional groups attached to an aromatic ring is 1. The second-order valence-corrected chi connectivity index (χ2v) is 15.9. The number of carboxylic acid groups (broad SMARTS) is 1. The van der Waals surface area contributed by atoms with Crippen molar-refractivity contribution in [2.24, 2.45) is 0 Å². The van der Waals surface area contributed by atoms with Crippen molar-refractivity contribution in [2.75, 3.05) is 12.3 Å². The monoisotopic (exact) mass is 842 g/mol. The van der Waals surface area contributed by atoms with Gasteiger partial charge in [0.05, 0.1) is 16.1 Å². The molecule has 0 spiro atoms. The lowest BCUT2D eigenvalue weighted by molar-refractivity contribution is -0.143. The quantitative estimate of drug-likeness (QED) is 0.104. The maximum Gasteiger partial charge on any atom is 0.326 e. The zero-order valence-electron chi connectivity index (χ0n) is 32.9. The molecule has 3 heterocycles. The van der Waals surface area contributed by atoms with Gasteiger partial charge in [-0.2, -0.15) is 0 Å². The Morgan fingerprint density at radius 1 is 0.883 bits per heavy atom. The zero-order valence-corrected chi connectivity index (χ0v) is 34.4. The van der Waals surface area contributed by atoms with E-state index in [0.29, 0.717) is 59.3 Å². The highest BCUT2D eigenvalue weighted by Gasteiger charge is 2.38. The van der Waals surface area contributed by atoms with Gasteiger partial charge in [-0.1, -0.05) is 103 Å². The van der Waals surface area contributed by atoms with Crippen molar-refractivity contribution in [3.8, 4) is 28.4 Å². The van der Waals surface area contributed by atoms with Gasteiger partial charge < -0.3 is 30.4 Å². The summed E-state index contributed by atoms with van der Waals surface area (Å²) in [6.45, 7) is 3.20. The minimum absolute atomic E-state index is 0.105. The van der Waals surface area contributed by atoms with Gasteiger partial charge in [0.1, 0.15) is 30.8 Å². The van der Waals surface area contributed by atoms with E-state index in [0.717, 1.165) is 50.9 Å². The standard InChI is InChI=1S/C48H44Cl2N4O6/c1-2-41(32-6-4-3-5-7-32)54-26-36-24-44-43(59-28-45(60-44)33-13-15-37(16-14-33)58-27-30-10-17-38(49)39(50)20-30)23-35(36)22-42(54)47(55)53-40(48(56)57)21-29-8-11-31(12-9-29)34-18-19-52-46(51)25-34/h3-20,23-25,40-42,45H,2,21-22,26-28H2,1H3,(H2,51,52)(H,53,55)(H,56,57)/t40?,41-,42-,45+/m0/s1. The van der Waals surface area contributed by atoms with Gasteiger partial charge in [0, 0.05) is 25.2 Å². The van der Waals surface area contributed by atoms with Gasteiger partial charge in [-0.25, -0.2) is 9.78 Å². The molecule has 10 nitrogen and oxygen atoms in total. The topological polar surface area (TPSA) is 136 Å². The van der Waals surface area contributed by atoms with Crippen LogP contribution in [0.2, 0.25) is 10.0 Å². The van der Waals surface area contributed by atoms with Crippen LogP contribution in [0.5, 0.6) is 17.2 Å². The average Bonchev–Trinajstić information content (AvgIpc) is 3.26. The van der Waals surface area contributed by atoms with Crippen LogP contribution in [-0.4, -0.2) is 45.6 Å². The second-order valence-electron chi connectivity index (χ2n) is 15.1. The zero-order chi connectivity index (χ0) is 41.8. The molecule has 0 saturated heterocycles. The lowest BCUT2D eigenvalue weighted by Gasteiger charge is -2.42. The van der Waals surface area contributed by atoms with E-state index >= 15 is 0 Å². The number of aliphatic carboxylic acids is 1. The molecule has 5 aromatic carbocycles. The van der Waals surface area contributed by atoms with Crippen molar-refractivity contribution < 1.29 is 28.9 Å². The molecular weight excluding hydrogens is 799 g/mol. The minimum atomic E-state index is -1.14. The van der Waals surface area contributed by atoms with Crippen molar-refractivity contribution >= 4 is 40.9 Å². The highest BCUT2D eigenvalue weighted by Crippen LogP contribution is 2.42. The first-order chi connectivity index (χ1) is 29.1. The third-order valence-electron chi connectivity index (χ3n) is 11.1. The number of benzene rings is 5. The summed E-state index contributed by atoms with van der Waals surface area (Å²) < 4.78 is 18.8. The number of hydrogen-bond acceptors (Lipinski definition) is 8. The molecule has 2 aliphatic heterocycles. The molecular formula is C48H44Cl2N4O6. The molecule has 4 atom stereocenters. The second kappa shape index (κ2) is 18.0. The molecule has 1 amide bonds. The maximum absolute atomic E-state index is 14.4. The minimum Gasteiger partial charge on any atom is -0.489 e. The molecule has 2 aliphatic rings. The fourth-order valence-corrected chi connectivity index (χ4v) is 8.30. The predicted octanol–water partition coefficient (Wildman–Crippen LogP) is 9.42. The molecule has 8 rings (SSSR count). The van der Waals surface area contributed by atoms with Gasteiger partial charge >= 0.3 is 5.97 Å². The number of amides is 1. The van der Waals surface area contributed by atoms with Crippen LogP contribution in [0, 0.1) is 0 Å². The number of hydrogen-bond donors (Lipinski definition) is 3. The molecule has 306 valence electrons. The third kappa shape index (κ3) is 9.21. The fraction of sp³-hybridized carbons (Fsp3) is 0.229. The van der Waals surface area contributed by atoms with Crippen molar-refractivity contribution in [1.29, 1.82) is 0 Å². The van der Waals surface area contributed by atoms with Gasteiger partial charge in [0.2, 0.25) is 5.91 Å². The smallest absolute Gasteiger partial charge is 0.326 e. The molecule has 0 bridgehead atoms. The van der Waals surface area contributed by atoms with Crippen LogP contribution >= 0.6 is 23.2 Å². The number of rotatable bonds is 13. The number of carbonyl (C=O) groups is 2. The van der Waals surface area contributed by atoms with E-state index < -0.39 is 18.1 Å². The number of nitrogens with two attached hydrogens (primary N) is 1. The molecule has 0 fully saturated rings. The number of aromatic nitrogens is 1. The summed E-state index contributed by atoms with van der Waals surface area (Å²) in [6.07, 6.45) is 2.52. The molecule has 4 N–H and O–H groups in total. The summed E-state index contributed by atoms with van der Waals surface area (Å²) in [7, 11) is 0. The number of nitrogens with zero attached hydrogens (tertiary/aromatic N) is 2. The largest absolute Gasteiger partial charge is 0.489 e. The average molecular weight is 844 g/mol. The summed E-state index contributed by atoms with van der Waals surface area (Å²) in [6, 6.07) is 36.6. The number of ether oxygens (including phenoxy) is 3. The highest BCUT2D eigenvalue weighted by molar-refractivity contribution is 6.42. The fourth-order valence-electron chi connectivity index (χ4n) is 7.98. The lowest BCUT2D eigenvalue weighted by atomic mass is 9.89. The molecule has 0 saturated carbocycles. The van der Waals surface area contributed by atoms with Gasteiger partial charge in [0.15, 0.2) is 17.6 Å². The molecule has 1 aromatic heterocycles. The SMILES string of the molecule is CC[C@@H](c1ccccc1)N1Cc2cc3c(cc2C[C@H]1C(=O)NC(Cc1ccc(-c2ccnc(N)c2)cc1)C(=O)O)OC[C@H](c1ccc(OCc2ccc(Cl)c(Cl)c2)cc1)O3. The van der Waals surface area contributed by atoms with Crippen LogP contribution in [0.4, 0.5) is 5.82 Å². The maximum atomic E-state index is 14.4. The normalized spacial score (nSPS) is 16.9. The molecule has 0 aliphatic carbocycles. The van der Waals surface area contributed by atoms with E-state index in [1.807, 2.05) is 91.0 Å². The van der Waals surface area contributed by atoms with E-state index in [4.69, 9.17) is 43.1 Å². The molecule has 60 heavy (non-hydrogen) atoms. The number of carbonyl (C=O) groups excluding carboxylic acids is 1. The number of pyridine rings is 1. The number of halogens is 2. The van der Waals surface area contributed by atoms with Gasteiger partial charge in [-0.3, -0.25) is 9.69 Å². The summed E-state index contributed by atoms with van der Waals surface area (Å²) in [5.74, 6) is 0.910. The lowest BCUT2D eigenvalue weighted by Crippen LogP contribution is -2.55. The van der Waals surface area contributed by atoms with Gasteiger partial charge in [-0.15, -0.1) is 0 Å². The van der Waals surface area contributed by atoms with Crippen molar-refractivity contribution in [2.45, 2.75) is 63.6 Å². The number of anilines is 1. The van der Waals surface area contributed by atoms with Gasteiger partial charge in [-0.05, 0) is 106 Å². The Labute approximate surface area is 358 Å². The Kier molecular flexibility index (Phi) is 12.2. The Morgan fingerprint density at radius 2 is 1.63 bits per heavy atom. The molecule has 0 radical (unpaired) electrons.